The maximum absolute atomic E-state index is 13.8. The Morgan fingerprint density at radius 3 is 2.48 bits per heavy atom. The Kier molecular flexibility index (Phi) is 6.73. The van der Waals surface area contributed by atoms with E-state index >= 15 is 0 Å². The summed E-state index contributed by atoms with van der Waals surface area (Å²) in [6, 6.07) is 16.8. The number of benzene rings is 3. The van der Waals surface area contributed by atoms with Gasteiger partial charge in [-0.3, -0.25) is 4.79 Å². The fourth-order valence-corrected chi connectivity index (χ4v) is 4.83. The number of rotatable bonds is 6. The van der Waals surface area contributed by atoms with Gasteiger partial charge in [0.15, 0.2) is 5.60 Å². The summed E-state index contributed by atoms with van der Waals surface area (Å²) < 4.78 is 0. The predicted octanol–water partition coefficient (Wildman–Crippen LogP) is 3.76. The second-order valence-electron chi connectivity index (χ2n) is 8.07. The van der Waals surface area contributed by atoms with Crippen LogP contribution in [0.4, 0.5) is 5.69 Å². The van der Waals surface area contributed by atoms with Crippen molar-refractivity contribution in [3.05, 3.63) is 76.3 Å². The van der Waals surface area contributed by atoms with Gasteiger partial charge in [0.2, 0.25) is 0 Å². The monoisotopic (exact) mass is 462 g/mol. The molecule has 4 rings (SSSR count). The maximum atomic E-state index is 13.8. The fraction of sp³-hybridized carbons (Fsp3) is 0.296. The molecule has 1 aliphatic heterocycles. The van der Waals surface area contributed by atoms with Crippen molar-refractivity contribution in [3.63, 3.8) is 0 Å². The molecule has 33 heavy (non-hydrogen) atoms. The van der Waals surface area contributed by atoms with Gasteiger partial charge in [-0.15, -0.1) is 0 Å². The summed E-state index contributed by atoms with van der Waals surface area (Å²) in [4.78, 5) is 17.6. The first kappa shape index (κ1) is 23.3. The van der Waals surface area contributed by atoms with Crippen LogP contribution in [0.25, 0.3) is 10.8 Å². The highest BCUT2D eigenvalue weighted by atomic mass is 35.5. The molecule has 0 aromatic heterocycles. The van der Waals surface area contributed by atoms with Gasteiger partial charge in [-0.2, -0.15) is 0 Å². The van der Waals surface area contributed by atoms with Gasteiger partial charge in [0.25, 0.3) is 5.91 Å². The Balaban J connectivity index is 1.87. The fourth-order valence-electron chi connectivity index (χ4n) is 4.47. The number of carbonyl (C=O) groups is 1. The summed E-state index contributed by atoms with van der Waals surface area (Å²) in [6.45, 7) is 6.68. The lowest BCUT2D eigenvalue weighted by atomic mass is 9.86. The van der Waals surface area contributed by atoms with E-state index in [-0.39, 0.29) is 11.6 Å². The highest BCUT2D eigenvalue weighted by Gasteiger charge is 2.52. The van der Waals surface area contributed by atoms with Crippen LogP contribution in [-0.4, -0.2) is 53.8 Å². The minimum Gasteiger partial charge on any atom is -0.384 e. The average Bonchev–Trinajstić information content (AvgIpc) is 3.05. The van der Waals surface area contributed by atoms with Crippen LogP contribution >= 0.6 is 11.6 Å². The molecular formula is C27H27ClN2O3. The Morgan fingerprint density at radius 2 is 1.79 bits per heavy atom. The summed E-state index contributed by atoms with van der Waals surface area (Å²) in [6.07, 6.45) is 0. The van der Waals surface area contributed by atoms with Crippen LogP contribution in [0.3, 0.4) is 0 Å². The summed E-state index contributed by atoms with van der Waals surface area (Å²) in [5, 5.41) is 23.3. The van der Waals surface area contributed by atoms with E-state index in [2.05, 4.69) is 30.6 Å². The number of aliphatic hydroxyl groups excluding tert-OH is 1. The quantitative estimate of drug-likeness (QED) is 0.547. The minimum absolute atomic E-state index is 0.268. The molecule has 6 heteroatoms. The molecule has 3 aromatic carbocycles. The second kappa shape index (κ2) is 9.54. The number of likely N-dealkylation sites (N-methyl/N-ethyl adjacent to an activating group) is 1. The first-order valence-corrected chi connectivity index (χ1v) is 11.5. The van der Waals surface area contributed by atoms with Gasteiger partial charge in [0.05, 0.1) is 10.7 Å². The summed E-state index contributed by atoms with van der Waals surface area (Å²) >= 11 is 6.67. The number of amides is 1. The Hall–Kier alpha value is -2.88. The largest absolute Gasteiger partial charge is 0.384 e. The summed E-state index contributed by atoms with van der Waals surface area (Å²) in [5.41, 5.74) is 0.0870. The number of hydrogen-bond acceptors (Lipinski definition) is 4. The molecule has 0 saturated carbocycles. The van der Waals surface area contributed by atoms with Gasteiger partial charge in [-0.1, -0.05) is 73.7 Å². The second-order valence-corrected chi connectivity index (χ2v) is 8.48. The van der Waals surface area contributed by atoms with Crippen molar-refractivity contribution in [2.45, 2.75) is 19.4 Å². The molecule has 0 bridgehead atoms. The van der Waals surface area contributed by atoms with Gasteiger partial charge < -0.3 is 20.0 Å². The van der Waals surface area contributed by atoms with Gasteiger partial charge in [0, 0.05) is 24.2 Å². The molecule has 3 aromatic rings. The van der Waals surface area contributed by atoms with Gasteiger partial charge >= 0.3 is 0 Å². The van der Waals surface area contributed by atoms with E-state index in [1.807, 2.05) is 36.4 Å². The third kappa shape index (κ3) is 4.12. The number of nitrogens with zero attached hydrogens (tertiary/aromatic N) is 2. The van der Waals surface area contributed by atoms with E-state index in [0.29, 0.717) is 35.5 Å². The van der Waals surface area contributed by atoms with Crippen molar-refractivity contribution in [2.75, 3.05) is 37.7 Å². The molecule has 1 aliphatic rings. The van der Waals surface area contributed by atoms with E-state index in [1.165, 1.54) is 0 Å². The topological polar surface area (TPSA) is 64.0 Å². The zero-order valence-corrected chi connectivity index (χ0v) is 19.6. The number of aliphatic hydroxyl groups is 2. The zero-order chi connectivity index (χ0) is 23.6. The molecule has 0 saturated heterocycles. The zero-order valence-electron chi connectivity index (χ0n) is 18.8. The number of anilines is 1. The summed E-state index contributed by atoms with van der Waals surface area (Å²) in [7, 11) is 0. The van der Waals surface area contributed by atoms with Crippen LogP contribution < -0.4 is 4.90 Å². The maximum Gasteiger partial charge on any atom is 0.268 e. The van der Waals surface area contributed by atoms with E-state index in [1.54, 1.807) is 23.1 Å². The average molecular weight is 463 g/mol. The van der Waals surface area contributed by atoms with Crippen LogP contribution in [-0.2, 0) is 10.4 Å². The smallest absolute Gasteiger partial charge is 0.268 e. The number of carbonyl (C=O) groups excluding carboxylic acids is 1. The molecule has 1 unspecified atom stereocenters. The third-order valence-corrected chi connectivity index (χ3v) is 6.59. The lowest BCUT2D eigenvalue weighted by molar-refractivity contribution is -0.132. The van der Waals surface area contributed by atoms with E-state index in [0.717, 1.165) is 23.9 Å². The Bertz CT molecular complexity index is 1260. The molecule has 1 atom stereocenters. The minimum atomic E-state index is -1.90. The lowest BCUT2D eigenvalue weighted by Gasteiger charge is -2.26. The van der Waals surface area contributed by atoms with Crippen LogP contribution in [0.1, 0.15) is 30.5 Å². The molecule has 5 nitrogen and oxygen atoms in total. The Labute approximate surface area is 199 Å². The van der Waals surface area contributed by atoms with E-state index in [4.69, 9.17) is 16.7 Å². The van der Waals surface area contributed by atoms with Crippen LogP contribution in [0.2, 0.25) is 5.02 Å². The van der Waals surface area contributed by atoms with Crippen molar-refractivity contribution in [3.8, 4) is 11.8 Å². The highest BCUT2D eigenvalue weighted by molar-refractivity contribution is 6.33. The first-order chi connectivity index (χ1) is 15.9. The molecule has 170 valence electrons. The number of hydrogen-bond donors (Lipinski definition) is 2. The Morgan fingerprint density at radius 1 is 1.06 bits per heavy atom. The molecule has 2 N–H and O–H groups in total. The van der Waals surface area contributed by atoms with Crippen LogP contribution in [0.5, 0.6) is 0 Å². The molecular weight excluding hydrogens is 436 g/mol. The molecule has 0 fully saturated rings. The molecule has 0 radical (unpaired) electrons. The SMILES string of the molecule is CCN(CC)CCN1C(=O)C(O)(c2ccc3ccccc3c2)c2c(Cl)cc(C#CCO)cc21. The van der Waals surface area contributed by atoms with Gasteiger partial charge in [-0.05, 0) is 47.6 Å². The number of halogens is 1. The van der Waals surface area contributed by atoms with E-state index in [9.17, 15) is 9.90 Å². The third-order valence-electron chi connectivity index (χ3n) is 6.29. The van der Waals surface area contributed by atoms with Gasteiger partial charge in [-0.25, -0.2) is 0 Å². The van der Waals surface area contributed by atoms with Crippen LogP contribution in [0.15, 0.2) is 54.6 Å². The van der Waals surface area contributed by atoms with Crippen molar-refractivity contribution < 1.29 is 15.0 Å². The molecule has 1 amide bonds. The normalized spacial score (nSPS) is 17.4. The molecule has 0 aliphatic carbocycles. The van der Waals surface area contributed by atoms with Crippen LogP contribution in [0, 0.1) is 11.8 Å². The van der Waals surface area contributed by atoms with Crippen molar-refractivity contribution >= 4 is 34.0 Å². The predicted molar refractivity (Wildman–Crippen MR) is 133 cm³/mol. The van der Waals surface area contributed by atoms with Crippen molar-refractivity contribution in [1.29, 1.82) is 0 Å². The van der Waals surface area contributed by atoms with E-state index < -0.39 is 11.5 Å². The molecule has 1 heterocycles. The van der Waals surface area contributed by atoms with Gasteiger partial charge in [0.1, 0.15) is 6.61 Å². The highest BCUT2D eigenvalue weighted by Crippen LogP contribution is 2.48. The lowest BCUT2D eigenvalue weighted by Crippen LogP contribution is -2.44. The first-order valence-electron chi connectivity index (χ1n) is 11.1. The summed E-state index contributed by atoms with van der Waals surface area (Å²) in [5.74, 6) is 5.06. The standard InChI is InChI=1S/C27H27ClN2O3/c1-3-29(4-2)13-14-30-24-17-19(8-7-15-31)16-23(28)25(24)27(33,26(30)32)22-12-11-20-9-5-6-10-21(20)18-22/h5-6,9-12,16-18,31,33H,3-4,13-15H2,1-2H3. The number of fused-ring (bicyclic) bond motifs is 2. The van der Waals surface area contributed by atoms with Crippen molar-refractivity contribution in [1.82, 2.24) is 4.90 Å². The van der Waals surface area contributed by atoms with Crippen molar-refractivity contribution in [2.24, 2.45) is 0 Å². The molecule has 0 spiro atoms.